The Morgan fingerprint density at radius 2 is 2.00 bits per heavy atom. The Morgan fingerprint density at radius 3 is 2.55 bits per heavy atom. The lowest BCUT2D eigenvalue weighted by Crippen LogP contribution is -2.10. The van der Waals surface area contributed by atoms with Gasteiger partial charge >= 0.3 is 0 Å². The summed E-state index contributed by atoms with van der Waals surface area (Å²) in [6.45, 7) is 3.51. The van der Waals surface area contributed by atoms with E-state index in [4.69, 9.17) is 10.7 Å². The van der Waals surface area contributed by atoms with E-state index in [1.54, 1.807) is 19.9 Å². The molecule has 0 fully saturated rings. The molecule has 2 aromatic rings. The molecule has 2 rings (SSSR count). The van der Waals surface area contributed by atoms with Gasteiger partial charge in [0.25, 0.3) is 14.2 Å². The van der Waals surface area contributed by atoms with Crippen LogP contribution >= 0.6 is 26.6 Å². The molecule has 0 amide bonds. The van der Waals surface area contributed by atoms with Gasteiger partial charge in [-0.3, -0.25) is 4.57 Å². The summed E-state index contributed by atoms with van der Waals surface area (Å²) in [7, 11) is 1.31. The Kier molecular flexibility index (Phi) is 4.17. The smallest absolute Gasteiger partial charge is 0.294 e. The van der Waals surface area contributed by atoms with Crippen molar-refractivity contribution >= 4 is 35.7 Å². The first-order valence-corrected chi connectivity index (χ1v) is 8.67. The fourth-order valence-corrected chi connectivity index (χ4v) is 3.20. The van der Waals surface area contributed by atoms with Crippen molar-refractivity contribution in [2.45, 2.75) is 25.0 Å². The molecule has 0 aliphatic heterocycles. The van der Waals surface area contributed by atoms with Crippen LogP contribution in [0.3, 0.4) is 0 Å². The summed E-state index contributed by atoms with van der Waals surface area (Å²) in [5.74, 6) is -0.248. The second-order valence-corrected chi connectivity index (χ2v) is 7.56. The summed E-state index contributed by atoms with van der Waals surface area (Å²) >= 11 is 3.12. The van der Waals surface area contributed by atoms with Crippen molar-refractivity contribution in [3.8, 4) is 11.4 Å². The molecule has 1 aromatic heterocycles. The highest BCUT2D eigenvalue weighted by Crippen LogP contribution is 2.32. The molecule has 0 saturated carbocycles. The van der Waals surface area contributed by atoms with Crippen LogP contribution in [0.1, 0.15) is 19.9 Å². The molecule has 0 spiro atoms. The maximum Gasteiger partial charge on any atom is 0.296 e. The van der Waals surface area contributed by atoms with Crippen molar-refractivity contribution in [3.05, 3.63) is 28.5 Å². The van der Waals surface area contributed by atoms with Crippen molar-refractivity contribution in [1.82, 2.24) is 14.8 Å². The lowest BCUT2D eigenvalue weighted by Gasteiger charge is -2.13. The van der Waals surface area contributed by atoms with Crippen LogP contribution in [-0.4, -0.2) is 23.2 Å². The molecule has 0 saturated heterocycles. The van der Waals surface area contributed by atoms with Crippen LogP contribution in [0.15, 0.2) is 27.8 Å². The van der Waals surface area contributed by atoms with Gasteiger partial charge in [0.05, 0.1) is 4.47 Å². The molecule has 5 nitrogen and oxygen atoms in total. The quantitative estimate of drug-likeness (QED) is 0.764. The zero-order valence-electron chi connectivity index (χ0n) is 10.5. The third kappa shape index (κ3) is 2.72. The molecule has 9 heteroatoms. The molecule has 0 unspecified atom stereocenters. The highest BCUT2D eigenvalue weighted by Gasteiger charge is 2.26. The summed E-state index contributed by atoms with van der Waals surface area (Å²) in [4.78, 5) is 0. The summed E-state index contributed by atoms with van der Waals surface area (Å²) in [5.41, 5.74) is 0.401. The number of nitrogens with zero attached hydrogens (tertiary/aromatic N) is 3. The topological polar surface area (TPSA) is 64.8 Å². The van der Waals surface area contributed by atoms with Crippen LogP contribution in [0.2, 0.25) is 0 Å². The van der Waals surface area contributed by atoms with Crippen LogP contribution in [0, 0.1) is 5.82 Å². The van der Waals surface area contributed by atoms with Gasteiger partial charge in [0.15, 0.2) is 5.82 Å². The molecule has 0 bridgehead atoms. The van der Waals surface area contributed by atoms with Crippen LogP contribution in [0.4, 0.5) is 4.39 Å². The minimum atomic E-state index is -4.04. The predicted octanol–water partition coefficient (Wildman–Crippen LogP) is 3.36. The van der Waals surface area contributed by atoms with E-state index in [0.29, 0.717) is 5.56 Å². The Labute approximate surface area is 128 Å². The average molecular weight is 383 g/mol. The molecule has 0 aliphatic carbocycles. The number of rotatable bonds is 3. The molecule has 0 aliphatic rings. The van der Waals surface area contributed by atoms with Crippen LogP contribution in [0.25, 0.3) is 11.4 Å². The van der Waals surface area contributed by atoms with E-state index in [-0.39, 0.29) is 21.5 Å². The SMILES string of the molecule is CC(C)n1c(-c2cccc(F)c2Br)nnc1S(=O)(=O)Cl. The van der Waals surface area contributed by atoms with Crippen molar-refractivity contribution in [2.24, 2.45) is 0 Å². The fraction of sp³-hybridized carbons (Fsp3) is 0.273. The molecule has 0 N–H and O–H groups in total. The van der Waals surface area contributed by atoms with Crippen molar-refractivity contribution in [2.75, 3.05) is 0 Å². The zero-order chi connectivity index (χ0) is 15.1. The molecule has 1 aromatic carbocycles. The van der Waals surface area contributed by atoms with Gasteiger partial charge in [-0.15, -0.1) is 10.2 Å². The highest BCUT2D eigenvalue weighted by molar-refractivity contribution is 9.10. The normalized spacial score (nSPS) is 12.1. The number of benzene rings is 1. The summed E-state index contributed by atoms with van der Waals surface area (Å²) in [5, 5.41) is 7.07. The monoisotopic (exact) mass is 381 g/mol. The Balaban J connectivity index is 2.76. The molecular weight excluding hydrogens is 373 g/mol. The van der Waals surface area contributed by atoms with Crippen LogP contribution < -0.4 is 0 Å². The molecule has 108 valence electrons. The lowest BCUT2D eigenvalue weighted by molar-refractivity contribution is 0.530. The van der Waals surface area contributed by atoms with E-state index in [1.165, 1.54) is 16.7 Å². The molecular formula is C11H10BrClFN3O2S. The molecule has 1 heterocycles. The van der Waals surface area contributed by atoms with E-state index in [2.05, 4.69) is 26.1 Å². The summed E-state index contributed by atoms with van der Waals surface area (Å²) in [6, 6.07) is 4.13. The van der Waals surface area contributed by atoms with Gasteiger partial charge in [0.2, 0.25) is 0 Å². The zero-order valence-corrected chi connectivity index (χ0v) is 13.7. The van der Waals surface area contributed by atoms with E-state index < -0.39 is 14.9 Å². The number of aromatic nitrogens is 3. The molecule has 20 heavy (non-hydrogen) atoms. The van der Waals surface area contributed by atoms with E-state index in [1.807, 2.05) is 0 Å². The minimum absolute atomic E-state index is 0.188. The van der Waals surface area contributed by atoms with Crippen molar-refractivity contribution in [3.63, 3.8) is 0 Å². The highest BCUT2D eigenvalue weighted by atomic mass is 79.9. The second-order valence-electron chi connectivity index (χ2n) is 4.31. The predicted molar refractivity (Wildman–Crippen MR) is 76.5 cm³/mol. The minimum Gasteiger partial charge on any atom is -0.294 e. The third-order valence-corrected chi connectivity index (χ3v) is 4.53. The molecule has 0 radical (unpaired) electrons. The standard InChI is InChI=1S/C11H10BrClFN3O2S/c1-6(2)17-10(15-16-11(17)20(13,18)19)7-4-3-5-8(14)9(7)12/h3-6H,1-2H3. The Morgan fingerprint density at radius 1 is 1.35 bits per heavy atom. The Hall–Kier alpha value is -0.990. The van der Waals surface area contributed by atoms with Crippen LogP contribution in [-0.2, 0) is 9.05 Å². The Bertz CT molecular complexity index is 761. The van der Waals surface area contributed by atoms with Gasteiger partial charge in [-0.1, -0.05) is 6.07 Å². The van der Waals surface area contributed by atoms with E-state index in [0.717, 1.165) is 0 Å². The van der Waals surface area contributed by atoms with Gasteiger partial charge < -0.3 is 0 Å². The number of hydrogen-bond donors (Lipinski definition) is 0. The summed E-state index contributed by atoms with van der Waals surface area (Å²) in [6.07, 6.45) is 0. The first-order valence-electron chi connectivity index (χ1n) is 5.57. The number of halogens is 3. The number of hydrogen-bond acceptors (Lipinski definition) is 4. The molecule has 0 atom stereocenters. The van der Waals surface area contributed by atoms with Gasteiger partial charge in [0.1, 0.15) is 5.82 Å². The van der Waals surface area contributed by atoms with Gasteiger partial charge in [-0.25, -0.2) is 12.8 Å². The average Bonchev–Trinajstić information content (AvgIpc) is 2.77. The third-order valence-electron chi connectivity index (χ3n) is 2.59. The first-order chi connectivity index (χ1) is 9.23. The largest absolute Gasteiger partial charge is 0.296 e. The fourth-order valence-electron chi connectivity index (χ4n) is 1.77. The van der Waals surface area contributed by atoms with Crippen molar-refractivity contribution in [1.29, 1.82) is 0 Å². The lowest BCUT2D eigenvalue weighted by atomic mass is 10.2. The van der Waals surface area contributed by atoms with E-state index >= 15 is 0 Å². The maximum atomic E-state index is 13.6. The van der Waals surface area contributed by atoms with Crippen LogP contribution in [0.5, 0.6) is 0 Å². The van der Waals surface area contributed by atoms with E-state index in [9.17, 15) is 12.8 Å². The summed E-state index contributed by atoms with van der Waals surface area (Å²) < 4.78 is 38.1. The van der Waals surface area contributed by atoms with Gasteiger partial charge in [-0.05, 0) is 41.9 Å². The first kappa shape index (κ1) is 15.4. The van der Waals surface area contributed by atoms with Crippen molar-refractivity contribution < 1.29 is 12.8 Å². The maximum absolute atomic E-state index is 13.6. The van der Waals surface area contributed by atoms with Gasteiger partial charge in [0, 0.05) is 22.3 Å². The second kappa shape index (κ2) is 5.42. The van der Waals surface area contributed by atoms with Gasteiger partial charge in [-0.2, -0.15) is 0 Å².